The second-order valence-corrected chi connectivity index (χ2v) is 6.11. The average Bonchev–Trinajstić information content (AvgIpc) is 3.32. The molecule has 1 aliphatic rings. The minimum Gasteiger partial charge on any atom is -0.352 e. The molecule has 0 unspecified atom stereocenters. The van der Waals surface area contributed by atoms with Crippen molar-refractivity contribution in [3.8, 4) is 0 Å². The van der Waals surface area contributed by atoms with Gasteiger partial charge < -0.3 is 15.2 Å². The molecular formula is C18H22N4O2. The number of hydrogen-bond acceptors (Lipinski definition) is 3. The first-order valence-electron chi connectivity index (χ1n) is 8.37. The van der Waals surface area contributed by atoms with Crippen LogP contribution in [-0.2, 0) is 11.3 Å². The lowest BCUT2D eigenvalue weighted by atomic mass is 10.1. The fraction of sp³-hybridized carbons (Fsp3) is 0.389. The number of aromatic nitrogens is 2. The Hall–Kier alpha value is -2.63. The monoisotopic (exact) mass is 326 g/mol. The lowest BCUT2D eigenvalue weighted by Gasteiger charge is -2.08. The van der Waals surface area contributed by atoms with Gasteiger partial charge in [0.2, 0.25) is 5.91 Å². The number of imidazole rings is 1. The molecule has 0 spiro atoms. The van der Waals surface area contributed by atoms with E-state index in [1.165, 1.54) is 0 Å². The second kappa shape index (κ2) is 7.77. The summed E-state index contributed by atoms with van der Waals surface area (Å²) in [7, 11) is 0. The van der Waals surface area contributed by atoms with Crippen LogP contribution in [0.4, 0.5) is 5.69 Å². The molecule has 1 aromatic carbocycles. The van der Waals surface area contributed by atoms with Gasteiger partial charge in [-0.2, -0.15) is 0 Å². The number of nitrogens with zero attached hydrogens (tertiary/aromatic N) is 2. The lowest BCUT2D eigenvalue weighted by molar-refractivity contribution is -0.117. The molecular weight excluding hydrogens is 304 g/mol. The van der Waals surface area contributed by atoms with E-state index in [9.17, 15) is 9.59 Å². The summed E-state index contributed by atoms with van der Waals surface area (Å²) in [6.07, 6.45) is 9.29. The summed E-state index contributed by atoms with van der Waals surface area (Å²) in [6.45, 7) is 1.53. The third-order valence-corrected chi connectivity index (χ3v) is 4.03. The average molecular weight is 326 g/mol. The van der Waals surface area contributed by atoms with Crippen LogP contribution < -0.4 is 10.6 Å². The van der Waals surface area contributed by atoms with Crippen LogP contribution in [0.2, 0.25) is 0 Å². The molecule has 1 heterocycles. The first-order valence-corrected chi connectivity index (χ1v) is 8.37. The predicted octanol–water partition coefficient (Wildman–Crippen LogP) is 2.44. The molecule has 1 aromatic heterocycles. The Labute approximate surface area is 141 Å². The molecule has 1 aliphatic carbocycles. The van der Waals surface area contributed by atoms with Gasteiger partial charge in [-0.1, -0.05) is 6.07 Å². The molecule has 1 fully saturated rings. The largest absolute Gasteiger partial charge is 0.352 e. The summed E-state index contributed by atoms with van der Waals surface area (Å²) in [4.78, 5) is 28.0. The topological polar surface area (TPSA) is 76.0 Å². The quantitative estimate of drug-likeness (QED) is 0.732. The highest BCUT2D eigenvalue weighted by Gasteiger charge is 2.29. The smallest absolute Gasteiger partial charge is 0.251 e. The Bertz CT molecular complexity index is 693. The van der Waals surface area contributed by atoms with Gasteiger partial charge in [-0.05, 0) is 43.9 Å². The molecule has 0 bridgehead atoms. The normalized spacial score (nSPS) is 13.5. The fourth-order valence-electron chi connectivity index (χ4n) is 2.47. The lowest BCUT2D eigenvalue weighted by Crippen LogP contribution is -2.24. The maximum atomic E-state index is 12.2. The van der Waals surface area contributed by atoms with Crippen LogP contribution in [0.1, 0.15) is 36.0 Å². The zero-order chi connectivity index (χ0) is 16.8. The van der Waals surface area contributed by atoms with Crippen molar-refractivity contribution < 1.29 is 9.59 Å². The number of aryl methyl sites for hydroxylation is 1. The van der Waals surface area contributed by atoms with E-state index in [1.54, 1.807) is 30.7 Å². The van der Waals surface area contributed by atoms with E-state index >= 15 is 0 Å². The van der Waals surface area contributed by atoms with Crippen molar-refractivity contribution >= 4 is 17.5 Å². The molecule has 2 aromatic rings. The number of amides is 2. The van der Waals surface area contributed by atoms with Gasteiger partial charge in [-0.3, -0.25) is 9.59 Å². The van der Waals surface area contributed by atoms with E-state index in [0.29, 0.717) is 17.8 Å². The number of rotatable bonds is 8. The van der Waals surface area contributed by atoms with Crippen LogP contribution in [0.25, 0.3) is 0 Å². The summed E-state index contributed by atoms with van der Waals surface area (Å²) in [5.74, 6) is 0.0881. The number of carbonyl (C=O) groups is 2. The predicted molar refractivity (Wildman–Crippen MR) is 91.6 cm³/mol. The summed E-state index contributed by atoms with van der Waals surface area (Å²) < 4.78 is 2.02. The van der Waals surface area contributed by atoms with Crippen molar-refractivity contribution in [1.29, 1.82) is 0 Å². The van der Waals surface area contributed by atoms with Crippen LogP contribution in [-0.4, -0.2) is 27.9 Å². The third kappa shape index (κ3) is 4.68. The molecule has 126 valence electrons. The van der Waals surface area contributed by atoms with Gasteiger partial charge in [-0.15, -0.1) is 0 Å². The van der Waals surface area contributed by atoms with Crippen molar-refractivity contribution in [1.82, 2.24) is 14.9 Å². The molecule has 1 saturated carbocycles. The molecule has 2 N–H and O–H groups in total. The van der Waals surface area contributed by atoms with Gasteiger partial charge in [0, 0.05) is 42.7 Å². The van der Waals surface area contributed by atoms with E-state index in [-0.39, 0.29) is 17.7 Å². The van der Waals surface area contributed by atoms with Crippen molar-refractivity contribution in [2.45, 2.75) is 32.2 Å². The summed E-state index contributed by atoms with van der Waals surface area (Å²) in [5, 5.41) is 5.78. The Kier molecular flexibility index (Phi) is 5.25. The van der Waals surface area contributed by atoms with Gasteiger partial charge in [0.25, 0.3) is 5.91 Å². The van der Waals surface area contributed by atoms with Crippen molar-refractivity contribution in [3.05, 3.63) is 48.5 Å². The number of unbranched alkanes of at least 4 members (excludes halogenated alkanes) is 1. The van der Waals surface area contributed by atoms with Gasteiger partial charge in [0.1, 0.15) is 0 Å². The zero-order valence-electron chi connectivity index (χ0n) is 13.6. The molecule has 0 radical (unpaired) electrons. The van der Waals surface area contributed by atoms with Crippen LogP contribution in [0.3, 0.4) is 0 Å². The SMILES string of the molecule is O=C(NCCCCn1ccnc1)c1cccc(NC(=O)C2CC2)c1. The highest BCUT2D eigenvalue weighted by Crippen LogP contribution is 2.30. The highest BCUT2D eigenvalue weighted by atomic mass is 16.2. The Morgan fingerprint density at radius 2 is 2.12 bits per heavy atom. The Morgan fingerprint density at radius 1 is 1.25 bits per heavy atom. The Morgan fingerprint density at radius 3 is 2.88 bits per heavy atom. The van der Waals surface area contributed by atoms with Gasteiger partial charge >= 0.3 is 0 Å². The van der Waals surface area contributed by atoms with Crippen LogP contribution in [0.5, 0.6) is 0 Å². The maximum absolute atomic E-state index is 12.2. The van der Waals surface area contributed by atoms with Gasteiger partial charge in [-0.25, -0.2) is 4.98 Å². The molecule has 0 saturated heterocycles. The molecule has 6 nitrogen and oxygen atoms in total. The van der Waals surface area contributed by atoms with Crippen molar-refractivity contribution in [3.63, 3.8) is 0 Å². The standard InChI is InChI=1S/C18H22N4O2/c23-17(20-8-1-2-10-22-11-9-19-13-22)15-4-3-5-16(12-15)21-18(24)14-6-7-14/h3-5,9,11-14H,1-2,6-8,10H2,(H,20,23)(H,21,24). The number of nitrogens with one attached hydrogen (secondary N) is 2. The molecule has 0 atom stereocenters. The minimum absolute atomic E-state index is 0.0482. The molecule has 6 heteroatoms. The molecule has 24 heavy (non-hydrogen) atoms. The van der Waals surface area contributed by atoms with E-state index in [4.69, 9.17) is 0 Å². The van der Waals surface area contributed by atoms with Gasteiger partial charge in [0.15, 0.2) is 0 Å². The zero-order valence-corrected chi connectivity index (χ0v) is 13.6. The van der Waals surface area contributed by atoms with E-state index in [0.717, 1.165) is 32.2 Å². The summed E-state index contributed by atoms with van der Waals surface area (Å²) in [5.41, 5.74) is 1.25. The van der Waals surface area contributed by atoms with E-state index in [1.807, 2.05) is 16.8 Å². The third-order valence-electron chi connectivity index (χ3n) is 4.03. The molecule has 3 rings (SSSR count). The molecule has 2 amide bonds. The number of benzene rings is 1. The Balaban J connectivity index is 1.41. The van der Waals surface area contributed by atoms with Gasteiger partial charge in [0.05, 0.1) is 6.33 Å². The van der Waals surface area contributed by atoms with E-state index < -0.39 is 0 Å². The van der Waals surface area contributed by atoms with Crippen LogP contribution in [0, 0.1) is 5.92 Å². The maximum Gasteiger partial charge on any atom is 0.251 e. The van der Waals surface area contributed by atoms with Crippen molar-refractivity contribution in [2.24, 2.45) is 5.92 Å². The number of anilines is 1. The summed E-state index contributed by atoms with van der Waals surface area (Å²) >= 11 is 0. The second-order valence-electron chi connectivity index (χ2n) is 6.11. The van der Waals surface area contributed by atoms with Crippen molar-refractivity contribution in [2.75, 3.05) is 11.9 Å². The first kappa shape index (κ1) is 16.2. The van der Waals surface area contributed by atoms with Crippen LogP contribution >= 0.6 is 0 Å². The fourth-order valence-corrected chi connectivity index (χ4v) is 2.47. The molecule has 0 aliphatic heterocycles. The minimum atomic E-state index is -0.111. The summed E-state index contributed by atoms with van der Waals surface area (Å²) in [6, 6.07) is 7.08. The first-order chi connectivity index (χ1) is 11.7. The van der Waals surface area contributed by atoms with Crippen LogP contribution in [0.15, 0.2) is 43.0 Å². The highest BCUT2D eigenvalue weighted by molar-refractivity contribution is 5.98. The number of hydrogen-bond donors (Lipinski definition) is 2. The number of carbonyl (C=O) groups excluding carboxylic acids is 2. The van der Waals surface area contributed by atoms with E-state index in [2.05, 4.69) is 15.6 Å².